The lowest BCUT2D eigenvalue weighted by Crippen LogP contribution is -2.17. The highest BCUT2D eigenvalue weighted by Gasteiger charge is 2.23. The summed E-state index contributed by atoms with van der Waals surface area (Å²) in [6, 6.07) is 0.444. The average molecular weight is 192 g/mol. The minimum Gasteiger partial charge on any atom is -0.394 e. The maximum Gasteiger partial charge on any atom is 0.152 e. The predicted molar refractivity (Wildman–Crippen MR) is 56.9 cm³/mol. The number of nitrogens with one attached hydrogen (secondary N) is 1. The second-order valence-corrected chi connectivity index (χ2v) is 4.05. The number of hydrogen-bond donors (Lipinski definition) is 2. The van der Waals surface area contributed by atoms with Crippen molar-refractivity contribution in [3.05, 3.63) is 12.5 Å². The van der Waals surface area contributed by atoms with Crippen molar-refractivity contribution in [2.75, 3.05) is 11.1 Å². The van der Waals surface area contributed by atoms with Gasteiger partial charge in [-0.1, -0.05) is 12.8 Å². The van der Waals surface area contributed by atoms with Gasteiger partial charge in [0, 0.05) is 6.04 Å². The van der Waals surface area contributed by atoms with E-state index in [9.17, 15) is 0 Å². The second kappa shape index (κ2) is 3.82. The van der Waals surface area contributed by atoms with Gasteiger partial charge in [0.2, 0.25) is 0 Å². The first kappa shape index (κ1) is 9.24. The van der Waals surface area contributed by atoms with E-state index < -0.39 is 0 Å². The first-order chi connectivity index (χ1) is 6.75. The largest absolute Gasteiger partial charge is 0.394 e. The molecule has 14 heavy (non-hydrogen) atoms. The second-order valence-electron chi connectivity index (χ2n) is 4.05. The zero-order valence-electron chi connectivity index (χ0n) is 8.40. The van der Waals surface area contributed by atoms with Gasteiger partial charge >= 0.3 is 0 Å². The molecule has 4 nitrogen and oxygen atoms in total. The molecule has 3 N–H and O–H groups in total. The van der Waals surface area contributed by atoms with Gasteiger partial charge in [0.1, 0.15) is 6.33 Å². The van der Waals surface area contributed by atoms with E-state index in [4.69, 9.17) is 5.73 Å². The van der Waals surface area contributed by atoms with Gasteiger partial charge in [-0.05, 0) is 19.3 Å². The van der Waals surface area contributed by atoms with Crippen LogP contribution in [0.15, 0.2) is 12.5 Å². The molecule has 1 aromatic rings. The molecule has 0 bridgehead atoms. The molecule has 1 aromatic heterocycles. The summed E-state index contributed by atoms with van der Waals surface area (Å²) in [6.07, 6.45) is 7.11. The highest BCUT2D eigenvalue weighted by atomic mass is 15.0. The van der Waals surface area contributed by atoms with E-state index in [-0.39, 0.29) is 0 Å². The molecule has 0 amide bonds. The molecule has 1 atom stereocenters. The Hall–Kier alpha value is -1.32. The van der Waals surface area contributed by atoms with Gasteiger partial charge in [-0.3, -0.25) is 0 Å². The molecule has 0 aliphatic heterocycles. The number of hydrogen-bond acceptors (Lipinski definition) is 4. The van der Waals surface area contributed by atoms with E-state index in [1.165, 1.54) is 25.6 Å². The van der Waals surface area contributed by atoms with Crippen LogP contribution in [0.4, 0.5) is 11.5 Å². The van der Waals surface area contributed by atoms with E-state index in [0.29, 0.717) is 11.7 Å². The zero-order chi connectivity index (χ0) is 9.97. The Balaban J connectivity index is 1.91. The highest BCUT2D eigenvalue weighted by molar-refractivity contribution is 5.59. The molecule has 1 unspecified atom stereocenters. The molecule has 76 valence electrons. The quantitative estimate of drug-likeness (QED) is 0.761. The Kier molecular flexibility index (Phi) is 2.52. The Morgan fingerprint density at radius 1 is 1.64 bits per heavy atom. The third-order valence-corrected chi connectivity index (χ3v) is 2.51. The van der Waals surface area contributed by atoms with E-state index in [1.807, 2.05) is 0 Å². The highest BCUT2D eigenvalue weighted by Crippen LogP contribution is 2.34. The average Bonchev–Trinajstić information content (AvgIpc) is 2.93. The van der Waals surface area contributed by atoms with Gasteiger partial charge in [-0.2, -0.15) is 0 Å². The summed E-state index contributed by atoms with van der Waals surface area (Å²) < 4.78 is 0. The molecule has 1 aliphatic rings. The van der Waals surface area contributed by atoms with Gasteiger partial charge < -0.3 is 11.1 Å². The van der Waals surface area contributed by atoms with Crippen molar-refractivity contribution in [2.24, 2.45) is 5.92 Å². The monoisotopic (exact) mass is 192 g/mol. The summed E-state index contributed by atoms with van der Waals surface area (Å²) in [4.78, 5) is 7.95. The summed E-state index contributed by atoms with van der Waals surface area (Å²) in [5, 5.41) is 3.31. The lowest BCUT2D eigenvalue weighted by atomic mass is 10.1. The first-order valence-corrected chi connectivity index (χ1v) is 5.07. The smallest absolute Gasteiger partial charge is 0.152 e. The minimum atomic E-state index is 0.444. The van der Waals surface area contributed by atoms with Gasteiger partial charge in [-0.25, -0.2) is 9.97 Å². The van der Waals surface area contributed by atoms with Crippen molar-refractivity contribution >= 4 is 11.5 Å². The third-order valence-electron chi connectivity index (χ3n) is 2.51. The van der Waals surface area contributed by atoms with Gasteiger partial charge in [-0.15, -0.1) is 0 Å². The lowest BCUT2D eigenvalue weighted by molar-refractivity contribution is 0.640. The van der Waals surface area contributed by atoms with Crippen LogP contribution in [0.25, 0.3) is 0 Å². The normalized spacial score (nSPS) is 17.8. The maximum atomic E-state index is 5.73. The van der Waals surface area contributed by atoms with Crippen molar-refractivity contribution < 1.29 is 0 Å². The number of anilines is 2. The summed E-state index contributed by atoms with van der Waals surface area (Å²) in [7, 11) is 0. The van der Waals surface area contributed by atoms with E-state index in [2.05, 4.69) is 22.2 Å². The Bertz CT molecular complexity index is 309. The molecule has 0 spiro atoms. The zero-order valence-corrected chi connectivity index (χ0v) is 8.40. The molecule has 0 aromatic carbocycles. The van der Waals surface area contributed by atoms with Crippen LogP contribution in [0.5, 0.6) is 0 Å². The number of rotatable bonds is 4. The van der Waals surface area contributed by atoms with Crippen molar-refractivity contribution in [3.63, 3.8) is 0 Å². The Morgan fingerprint density at radius 2 is 2.43 bits per heavy atom. The molecule has 1 heterocycles. The fourth-order valence-corrected chi connectivity index (χ4v) is 1.61. The molecule has 1 saturated carbocycles. The van der Waals surface area contributed by atoms with Crippen molar-refractivity contribution in [2.45, 2.75) is 32.2 Å². The molecule has 0 saturated heterocycles. The molecule has 0 radical (unpaired) electrons. The first-order valence-electron chi connectivity index (χ1n) is 5.07. The van der Waals surface area contributed by atoms with Crippen molar-refractivity contribution in [1.82, 2.24) is 9.97 Å². The van der Waals surface area contributed by atoms with Crippen LogP contribution in [0, 0.1) is 5.92 Å². The third kappa shape index (κ3) is 2.34. The van der Waals surface area contributed by atoms with E-state index in [0.717, 1.165) is 11.7 Å². The minimum absolute atomic E-state index is 0.444. The number of nitrogens with two attached hydrogens (primary N) is 1. The fourth-order valence-electron chi connectivity index (χ4n) is 1.61. The maximum absolute atomic E-state index is 5.73. The molecule has 1 aliphatic carbocycles. The summed E-state index contributed by atoms with van der Waals surface area (Å²) in [5.41, 5.74) is 6.35. The number of nitrogens with zero attached hydrogens (tertiary/aromatic N) is 2. The molecule has 2 rings (SSSR count). The number of nitrogen functional groups attached to an aromatic ring is 1. The van der Waals surface area contributed by atoms with Crippen LogP contribution in [0.1, 0.15) is 26.2 Å². The van der Waals surface area contributed by atoms with Crippen LogP contribution >= 0.6 is 0 Å². The molecule has 1 fully saturated rings. The van der Waals surface area contributed by atoms with Gasteiger partial charge in [0.25, 0.3) is 0 Å². The van der Waals surface area contributed by atoms with Crippen LogP contribution in [0.2, 0.25) is 0 Å². The SMILES string of the molecule is CC(CC1CC1)Nc1ncncc1N. The summed E-state index contributed by atoms with van der Waals surface area (Å²) >= 11 is 0. The standard InChI is InChI=1S/C10H16N4/c1-7(4-8-2-3-8)14-10-9(11)5-12-6-13-10/h5-8H,2-4,11H2,1H3,(H,12,13,14). The summed E-state index contributed by atoms with van der Waals surface area (Å²) in [6.45, 7) is 2.17. The topological polar surface area (TPSA) is 63.8 Å². The van der Waals surface area contributed by atoms with Crippen LogP contribution in [-0.2, 0) is 0 Å². The lowest BCUT2D eigenvalue weighted by Gasteiger charge is -2.14. The molecular formula is C10H16N4. The van der Waals surface area contributed by atoms with Gasteiger partial charge in [0.15, 0.2) is 5.82 Å². The van der Waals surface area contributed by atoms with Crippen molar-refractivity contribution in [1.29, 1.82) is 0 Å². The van der Waals surface area contributed by atoms with Crippen molar-refractivity contribution in [3.8, 4) is 0 Å². The van der Waals surface area contributed by atoms with Gasteiger partial charge in [0.05, 0.1) is 11.9 Å². The van der Waals surface area contributed by atoms with E-state index >= 15 is 0 Å². The van der Waals surface area contributed by atoms with Crippen LogP contribution in [-0.4, -0.2) is 16.0 Å². The fraction of sp³-hybridized carbons (Fsp3) is 0.600. The Labute approximate surface area is 83.9 Å². The predicted octanol–water partition coefficient (Wildman–Crippen LogP) is 1.66. The molecular weight excluding hydrogens is 176 g/mol. The van der Waals surface area contributed by atoms with Crippen LogP contribution in [0.3, 0.4) is 0 Å². The Morgan fingerprint density at radius 3 is 3.07 bits per heavy atom. The van der Waals surface area contributed by atoms with Crippen LogP contribution < -0.4 is 11.1 Å². The number of aromatic nitrogens is 2. The molecule has 4 heteroatoms. The summed E-state index contributed by atoms with van der Waals surface area (Å²) in [5.74, 6) is 1.67. The van der Waals surface area contributed by atoms with E-state index in [1.54, 1.807) is 6.20 Å².